The molecular formula is C9H10N5O5+. The number of hydrogen-bond acceptors (Lipinski definition) is 7. The maximum absolute atomic E-state index is 11.7. The Balaban J connectivity index is 2.09. The van der Waals surface area contributed by atoms with E-state index in [-0.39, 0.29) is 11.6 Å². The first-order chi connectivity index (χ1) is 8.97. The van der Waals surface area contributed by atoms with Crippen LogP contribution in [0, 0.1) is 10.1 Å². The Morgan fingerprint density at radius 3 is 2.79 bits per heavy atom. The molecule has 0 aliphatic rings. The van der Waals surface area contributed by atoms with Gasteiger partial charge in [0.05, 0.1) is 25.0 Å². The molecule has 10 heteroatoms. The summed E-state index contributed by atoms with van der Waals surface area (Å²) in [5, 5.41) is 18.0. The second kappa shape index (κ2) is 4.76. The van der Waals surface area contributed by atoms with Crippen molar-refractivity contribution in [1.82, 2.24) is 5.27 Å². The number of aromatic nitrogens is 2. The van der Waals surface area contributed by atoms with E-state index in [9.17, 15) is 14.9 Å². The van der Waals surface area contributed by atoms with Crippen molar-refractivity contribution >= 4 is 17.7 Å². The van der Waals surface area contributed by atoms with Gasteiger partial charge in [0.2, 0.25) is 5.27 Å². The van der Waals surface area contributed by atoms with Crippen molar-refractivity contribution in [2.45, 2.75) is 0 Å². The number of furan rings is 1. The van der Waals surface area contributed by atoms with Crippen molar-refractivity contribution < 1.29 is 23.4 Å². The molecule has 0 fully saturated rings. The second-order valence-corrected chi connectivity index (χ2v) is 3.68. The molecule has 0 aromatic carbocycles. The standard InChI is InChI=1S/C9H9N5O5/c1-12(2)13-5-7(19-11-13)10-9(15)6-3-4-8(18-6)14(16)17/h3-5H,1-2H3/p+1. The van der Waals surface area contributed by atoms with Crippen LogP contribution in [-0.4, -0.2) is 30.2 Å². The van der Waals surface area contributed by atoms with Gasteiger partial charge >= 0.3 is 11.8 Å². The molecule has 0 radical (unpaired) electrons. The lowest BCUT2D eigenvalue weighted by Gasteiger charge is -1.95. The molecule has 0 saturated heterocycles. The van der Waals surface area contributed by atoms with Crippen molar-refractivity contribution in [2.24, 2.45) is 0 Å². The topological polar surface area (TPSA) is 119 Å². The van der Waals surface area contributed by atoms with Gasteiger partial charge in [0.15, 0.2) is 5.76 Å². The third-order valence-electron chi connectivity index (χ3n) is 2.10. The van der Waals surface area contributed by atoms with Crippen LogP contribution in [0.5, 0.6) is 0 Å². The van der Waals surface area contributed by atoms with Gasteiger partial charge in [-0.1, -0.05) is 0 Å². The van der Waals surface area contributed by atoms with E-state index in [4.69, 9.17) is 8.94 Å². The fraction of sp³-hybridized carbons (Fsp3) is 0.222. The van der Waals surface area contributed by atoms with Gasteiger partial charge in [0.25, 0.3) is 12.1 Å². The van der Waals surface area contributed by atoms with Gasteiger partial charge in [0, 0.05) is 0 Å². The quantitative estimate of drug-likeness (QED) is 0.467. The van der Waals surface area contributed by atoms with E-state index in [0.717, 1.165) is 6.07 Å². The molecule has 0 bridgehead atoms. The maximum Gasteiger partial charge on any atom is 0.433 e. The van der Waals surface area contributed by atoms with Gasteiger partial charge in [-0.15, -0.1) is 0 Å². The summed E-state index contributed by atoms with van der Waals surface area (Å²) >= 11 is 0. The number of hydrogen-bond donors (Lipinski definition) is 1. The summed E-state index contributed by atoms with van der Waals surface area (Å²) in [4.78, 5) is 22.7. The zero-order valence-electron chi connectivity index (χ0n) is 10.1. The molecule has 0 spiro atoms. The molecule has 1 amide bonds. The minimum atomic E-state index is -0.731. The van der Waals surface area contributed by atoms with Crippen LogP contribution in [0.2, 0.25) is 0 Å². The Morgan fingerprint density at radius 2 is 2.26 bits per heavy atom. The number of nitrogens with one attached hydrogen (secondary N) is 1. The average Bonchev–Trinajstić information content (AvgIpc) is 2.96. The highest BCUT2D eigenvalue weighted by molar-refractivity contribution is 6.01. The van der Waals surface area contributed by atoms with Crippen LogP contribution in [0.1, 0.15) is 10.6 Å². The number of anilines is 1. The summed E-state index contributed by atoms with van der Waals surface area (Å²) in [6, 6.07) is 2.29. The molecule has 2 aromatic heterocycles. The van der Waals surface area contributed by atoms with Crippen molar-refractivity contribution in [3.63, 3.8) is 0 Å². The second-order valence-electron chi connectivity index (χ2n) is 3.68. The van der Waals surface area contributed by atoms with Gasteiger partial charge in [-0.05, 0) is 6.07 Å². The lowest BCUT2D eigenvalue weighted by atomic mass is 10.4. The summed E-state index contributed by atoms with van der Waals surface area (Å²) in [6.07, 6.45) is 1.43. The van der Waals surface area contributed by atoms with Crippen LogP contribution in [0.15, 0.2) is 27.3 Å². The molecule has 2 heterocycles. The van der Waals surface area contributed by atoms with E-state index >= 15 is 0 Å². The largest absolute Gasteiger partial charge is 0.433 e. The third kappa shape index (κ3) is 2.68. The van der Waals surface area contributed by atoms with Gasteiger partial charge in [0.1, 0.15) is 4.92 Å². The summed E-state index contributed by atoms with van der Waals surface area (Å²) in [6.45, 7) is 0. The van der Waals surface area contributed by atoms with Crippen LogP contribution in [0.4, 0.5) is 11.8 Å². The highest BCUT2D eigenvalue weighted by Crippen LogP contribution is 2.16. The molecule has 0 unspecified atom stereocenters. The average molecular weight is 268 g/mol. The van der Waals surface area contributed by atoms with E-state index in [1.165, 1.54) is 17.1 Å². The predicted molar refractivity (Wildman–Crippen MR) is 60.1 cm³/mol. The minimum Gasteiger partial charge on any atom is -0.395 e. The Hall–Kier alpha value is -2.91. The Morgan fingerprint density at radius 1 is 1.53 bits per heavy atom. The molecule has 100 valence electrons. The van der Waals surface area contributed by atoms with Crippen molar-refractivity contribution in [2.75, 3.05) is 24.4 Å². The van der Waals surface area contributed by atoms with Gasteiger partial charge in [-0.25, -0.2) is 0 Å². The number of carbonyl (C=O) groups is 1. The van der Waals surface area contributed by atoms with Crippen molar-refractivity contribution in [3.8, 4) is 0 Å². The summed E-state index contributed by atoms with van der Waals surface area (Å²) in [5.74, 6) is -1.29. The number of nitro groups is 1. The Bertz CT molecular complexity index is 616. The smallest absolute Gasteiger partial charge is 0.395 e. The van der Waals surface area contributed by atoms with E-state index in [0.29, 0.717) is 0 Å². The number of carbonyl (C=O) groups excluding carboxylic acids is 1. The molecule has 2 rings (SSSR count). The summed E-state index contributed by atoms with van der Waals surface area (Å²) in [7, 11) is 3.45. The first-order valence-electron chi connectivity index (χ1n) is 5.09. The zero-order chi connectivity index (χ0) is 14.0. The van der Waals surface area contributed by atoms with Crippen LogP contribution in [0.25, 0.3) is 0 Å². The van der Waals surface area contributed by atoms with Crippen molar-refractivity contribution in [1.29, 1.82) is 0 Å². The van der Waals surface area contributed by atoms with Gasteiger partial charge < -0.3 is 4.42 Å². The van der Waals surface area contributed by atoms with Crippen molar-refractivity contribution in [3.05, 3.63) is 34.2 Å². The molecule has 0 aliphatic heterocycles. The van der Waals surface area contributed by atoms with Crippen LogP contribution in [-0.2, 0) is 0 Å². The summed E-state index contributed by atoms with van der Waals surface area (Å²) in [5.41, 5.74) is 0. The predicted octanol–water partition coefficient (Wildman–Crippen LogP) is -0.0868. The first-order valence-corrected chi connectivity index (χ1v) is 5.09. The lowest BCUT2D eigenvalue weighted by molar-refractivity contribution is -0.753. The fourth-order valence-corrected chi connectivity index (χ4v) is 1.20. The zero-order valence-corrected chi connectivity index (χ0v) is 10.1. The Kier molecular flexibility index (Phi) is 3.14. The SMILES string of the molecule is CN(C)[n+]1cc(NC(=O)c2ccc([N+](=O)[O-])o2)on1. The summed E-state index contributed by atoms with van der Waals surface area (Å²) < 4.78 is 9.58. The van der Waals surface area contributed by atoms with Crippen LogP contribution in [0.3, 0.4) is 0 Å². The normalized spacial score (nSPS) is 10.2. The lowest BCUT2D eigenvalue weighted by Crippen LogP contribution is -2.53. The molecule has 0 aliphatic carbocycles. The highest BCUT2D eigenvalue weighted by atomic mass is 16.6. The highest BCUT2D eigenvalue weighted by Gasteiger charge is 2.21. The number of nitrogens with zero attached hydrogens (tertiary/aromatic N) is 4. The number of rotatable bonds is 4. The molecule has 10 nitrogen and oxygen atoms in total. The molecule has 19 heavy (non-hydrogen) atoms. The van der Waals surface area contributed by atoms with E-state index < -0.39 is 16.7 Å². The molecule has 0 atom stereocenters. The molecule has 2 aromatic rings. The molecule has 1 N–H and O–H groups in total. The monoisotopic (exact) mass is 268 g/mol. The first kappa shape index (κ1) is 12.5. The Labute approximate surface area is 106 Å². The molecular weight excluding hydrogens is 258 g/mol. The van der Waals surface area contributed by atoms with E-state index in [2.05, 4.69) is 10.6 Å². The maximum atomic E-state index is 11.7. The fourth-order valence-electron chi connectivity index (χ4n) is 1.20. The number of amides is 1. The van der Waals surface area contributed by atoms with Gasteiger partial charge in [-0.2, -0.15) is 5.01 Å². The van der Waals surface area contributed by atoms with Crippen LogP contribution >= 0.6 is 0 Å². The third-order valence-corrected chi connectivity index (χ3v) is 2.10. The van der Waals surface area contributed by atoms with Crippen LogP contribution < -0.4 is 15.1 Å². The van der Waals surface area contributed by atoms with E-state index in [1.807, 2.05) is 0 Å². The molecule has 0 saturated carbocycles. The van der Waals surface area contributed by atoms with E-state index in [1.54, 1.807) is 19.1 Å². The van der Waals surface area contributed by atoms with Gasteiger partial charge in [-0.3, -0.25) is 24.7 Å². The minimum absolute atomic E-state index is 0.0813.